The summed E-state index contributed by atoms with van der Waals surface area (Å²) in [5.41, 5.74) is 2.91. The lowest BCUT2D eigenvalue weighted by atomic mass is 9.85. The minimum atomic E-state index is -3.88. The van der Waals surface area contributed by atoms with E-state index in [4.69, 9.17) is 0 Å². The summed E-state index contributed by atoms with van der Waals surface area (Å²) in [6, 6.07) is 12.8. The second-order valence-electron chi connectivity index (χ2n) is 7.71. The fraction of sp³-hybridized carbons (Fsp3) is 0.364. The summed E-state index contributed by atoms with van der Waals surface area (Å²) in [4.78, 5) is 14.3. The van der Waals surface area contributed by atoms with Crippen molar-refractivity contribution >= 4 is 33.1 Å². The highest BCUT2D eigenvalue weighted by Crippen LogP contribution is 2.36. The number of carbonyl (C=O) groups excluding carboxylic acids is 1. The van der Waals surface area contributed by atoms with Gasteiger partial charge in [0.05, 0.1) is 5.69 Å². The molecule has 1 aliphatic heterocycles. The average molecular weight is 412 g/mol. The zero-order chi connectivity index (χ0) is 20.6. The van der Waals surface area contributed by atoms with Crippen LogP contribution in [0.2, 0.25) is 0 Å². The Morgan fingerprint density at radius 3 is 2.66 bits per heavy atom. The second-order valence-corrected chi connectivity index (χ2v) is 9.28. The van der Waals surface area contributed by atoms with Gasteiger partial charge in [-0.05, 0) is 50.5 Å². The molecule has 4 rings (SSSR count). The van der Waals surface area contributed by atoms with E-state index in [1.807, 2.05) is 43.0 Å². The van der Waals surface area contributed by atoms with Gasteiger partial charge in [0.25, 0.3) is 10.0 Å². The molecule has 2 aromatic carbocycles. The molecule has 2 aliphatic rings. The van der Waals surface area contributed by atoms with Gasteiger partial charge in [0, 0.05) is 23.7 Å². The van der Waals surface area contributed by atoms with Crippen molar-refractivity contribution < 1.29 is 13.2 Å². The zero-order valence-electron chi connectivity index (χ0n) is 16.7. The molecule has 29 heavy (non-hydrogen) atoms. The number of benzene rings is 2. The Morgan fingerprint density at radius 2 is 2.00 bits per heavy atom. The van der Waals surface area contributed by atoms with Crippen molar-refractivity contribution in [3.8, 4) is 0 Å². The van der Waals surface area contributed by atoms with Crippen LogP contribution >= 0.6 is 0 Å². The smallest absolute Gasteiger partial charge is 0.286 e. The second kappa shape index (κ2) is 7.63. The number of fused-ring (bicyclic) bond motifs is 1. The molecule has 0 saturated heterocycles. The lowest BCUT2D eigenvalue weighted by Crippen LogP contribution is -2.37. The van der Waals surface area contributed by atoms with Crippen LogP contribution in [-0.2, 0) is 14.8 Å². The summed E-state index contributed by atoms with van der Waals surface area (Å²) >= 11 is 0. The fourth-order valence-electron chi connectivity index (χ4n) is 3.71. The first-order chi connectivity index (χ1) is 13.9. The van der Waals surface area contributed by atoms with Gasteiger partial charge < -0.3 is 10.2 Å². The van der Waals surface area contributed by atoms with Crippen molar-refractivity contribution in [3.63, 3.8) is 0 Å². The van der Waals surface area contributed by atoms with E-state index in [1.165, 1.54) is 6.07 Å². The van der Waals surface area contributed by atoms with E-state index in [1.54, 1.807) is 12.1 Å². The molecule has 1 N–H and O–H groups in total. The third-order valence-corrected chi connectivity index (χ3v) is 6.75. The minimum Gasteiger partial charge on any atom is -0.326 e. The van der Waals surface area contributed by atoms with Crippen LogP contribution < -0.4 is 10.2 Å². The molecule has 0 radical (unpaired) electrons. The summed E-state index contributed by atoms with van der Waals surface area (Å²) in [6.07, 6.45) is 3.69. The molecule has 7 heteroatoms. The van der Waals surface area contributed by atoms with Crippen molar-refractivity contribution in [2.75, 3.05) is 16.8 Å². The standard InChI is InChI=1S/C22H25N3O3S/c1-3-12-25-19-11-10-18(23-22(26)16-7-5-8-16)14-20(19)29(27,28)24-21(25)17-9-4-6-15(2)13-17/h4,6,9-11,13-14,16H,3,5,7-8,12H2,1-2H3,(H,23,26). The topological polar surface area (TPSA) is 78.8 Å². The number of aryl methyl sites for hydroxylation is 1. The van der Waals surface area contributed by atoms with Gasteiger partial charge in [-0.2, -0.15) is 8.42 Å². The molecule has 0 atom stereocenters. The van der Waals surface area contributed by atoms with Gasteiger partial charge in [-0.1, -0.05) is 37.1 Å². The monoisotopic (exact) mass is 411 g/mol. The molecule has 1 aliphatic carbocycles. The Balaban J connectivity index is 1.75. The zero-order valence-corrected chi connectivity index (χ0v) is 17.5. The SMILES string of the molecule is CCCN1C(c2cccc(C)c2)=NS(=O)(=O)c2cc(NC(=O)C3CCC3)ccc21. The third-order valence-electron chi connectivity index (χ3n) is 5.46. The van der Waals surface area contributed by atoms with Crippen LogP contribution in [0, 0.1) is 12.8 Å². The van der Waals surface area contributed by atoms with Crippen molar-refractivity contribution in [2.45, 2.75) is 44.4 Å². The van der Waals surface area contributed by atoms with E-state index in [-0.39, 0.29) is 16.7 Å². The van der Waals surface area contributed by atoms with Crippen molar-refractivity contribution in [3.05, 3.63) is 53.6 Å². The van der Waals surface area contributed by atoms with E-state index in [9.17, 15) is 13.2 Å². The van der Waals surface area contributed by atoms with Gasteiger partial charge >= 0.3 is 0 Å². The lowest BCUT2D eigenvalue weighted by Gasteiger charge is -2.31. The Kier molecular flexibility index (Phi) is 5.17. The molecule has 1 heterocycles. The Morgan fingerprint density at radius 1 is 1.21 bits per heavy atom. The van der Waals surface area contributed by atoms with Crippen molar-refractivity contribution in [1.82, 2.24) is 0 Å². The van der Waals surface area contributed by atoms with Gasteiger partial charge in [-0.15, -0.1) is 4.40 Å². The fourth-order valence-corrected chi connectivity index (χ4v) is 4.95. The van der Waals surface area contributed by atoms with Gasteiger partial charge in [-0.25, -0.2) is 0 Å². The molecule has 0 unspecified atom stereocenters. The van der Waals surface area contributed by atoms with Gasteiger partial charge in [-0.3, -0.25) is 4.79 Å². The Labute approximate surface area is 171 Å². The largest absolute Gasteiger partial charge is 0.326 e. The van der Waals surface area contributed by atoms with Crippen LogP contribution in [0.15, 0.2) is 51.8 Å². The highest BCUT2D eigenvalue weighted by molar-refractivity contribution is 7.90. The number of anilines is 2. The normalized spacial score (nSPS) is 17.9. The maximum atomic E-state index is 13.0. The first-order valence-electron chi connectivity index (χ1n) is 10.0. The summed E-state index contributed by atoms with van der Waals surface area (Å²) in [6.45, 7) is 4.66. The quantitative estimate of drug-likeness (QED) is 0.803. The predicted octanol–water partition coefficient (Wildman–Crippen LogP) is 4.10. The number of hydrogen-bond acceptors (Lipinski definition) is 4. The summed E-state index contributed by atoms with van der Waals surface area (Å²) < 4.78 is 30.2. The number of amides is 1. The van der Waals surface area contributed by atoms with Gasteiger partial charge in [0.2, 0.25) is 5.91 Å². The molecule has 152 valence electrons. The molecule has 0 aromatic heterocycles. The van der Waals surface area contributed by atoms with Crippen LogP contribution in [0.5, 0.6) is 0 Å². The van der Waals surface area contributed by atoms with E-state index >= 15 is 0 Å². The molecule has 1 fully saturated rings. The molecule has 0 spiro atoms. The molecule has 1 amide bonds. The number of nitrogens with one attached hydrogen (secondary N) is 1. The third kappa shape index (κ3) is 3.79. The Hall–Kier alpha value is -2.67. The van der Waals surface area contributed by atoms with Crippen LogP contribution in [0.25, 0.3) is 0 Å². The molecular formula is C22H25N3O3S. The van der Waals surface area contributed by atoms with E-state index in [0.717, 1.165) is 36.8 Å². The van der Waals surface area contributed by atoms with E-state index in [2.05, 4.69) is 9.71 Å². The Bertz CT molecular complexity index is 1090. The molecular weight excluding hydrogens is 386 g/mol. The molecule has 2 aromatic rings. The van der Waals surface area contributed by atoms with Crippen molar-refractivity contribution in [1.29, 1.82) is 0 Å². The highest BCUT2D eigenvalue weighted by atomic mass is 32.2. The first-order valence-corrected chi connectivity index (χ1v) is 11.5. The van der Waals surface area contributed by atoms with Crippen LogP contribution in [0.4, 0.5) is 11.4 Å². The van der Waals surface area contributed by atoms with E-state index < -0.39 is 10.0 Å². The number of amidine groups is 1. The summed E-state index contributed by atoms with van der Waals surface area (Å²) in [5, 5.41) is 2.86. The predicted molar refractivity (Wildman–Crippen MR) is 115 cm³/mol. The average Bonchev–Trinajstić information content (AvgIpc) is 2.62. The minimum absolute atomic E-state index is 0.0326. The van der Waals surface area contributed by atoms with Crippen molar-refractivity contribution in [2.24, 2.45) is 10.3 Å². The molecule has 0 bridgehead atoms. The number of rotatable bonds is 5. The number of hydrogen-bond donors (Lipinski definition) is 1. The lowest BCUT2D eigenvalue weighted by molar-refractivity contribution is -0.122. The summed E-state index contributed by atoms with van der Waals surface area (Å²) in [7, 11) is -3.88. The van der Waals surface area contributed by atoms with Crippen LogP contribution in [0.3, 0.4) is 0 Å². The van der Waals surface area contributed by atoms with Crippen LogP contribution in [-0.4, -0.2) is 26.7 Å². The highest BCUT2D eigenvalue weighted by Gasteiger charge is 2.32. The van der Waals surface area contributed by atoms with Gasteiger partial charge in [0.1, 0.15) is 4.90 Å². The van der Waals surface area contributed by atoms with Gasteiger partial charge in [0.15, 0.2) is 5.84 Å². The van der Waals surface area contributed by atoms with Crippen LogP contribution in [0.1, 0.15) is 43.7 Å². The maximum Gasteiger partial charge on any atom is 0.286 e. The number of carbonyl (C=O) groups is 1. The maximum absolute atomic E-state index is 13.0. The summed E-state index contributed by atoms with van der Waals surface area (Å²) in [5.74, 6) is 0.429. The molecule has 1 saturated carbocycles. The first kappa shape index (κ1) is 19.6. The number of sulfonamides is 1. The van der Waals surface area contributed by atoms with E-state index in [0.29, 0.717) is 23.8 Å². The number of nitrogens with zero attached hydrogens (tertiary/aromatic N) is 2. The molecule has 6 nitrogen and oxygen atoms in total.